The number of rotatable bonds is 7. The van der Waals surface area contributed by atoms with Crippen LogP contribution in [-0.2, 0) is 21.0 Å². The average molecular weight is 449 g/mol. The predicted octanol–water partition coefficient (Wildman–Crippen LogP) is 4.85. The lowest BCUT2D eigenvalue weighted by atomic mass is 10.2. The Bertz CT molecular complexity index is 994. The molecule has 0 aliphatic heterocycles. The van der Waals surface area contributed by atoms with E-state index in [-0.39, 0.29) is 25.1 Å². The molecule has 0 aliphatic carbocycles. The summed E-state index contributed by atoms with van der Waals surface area (Å²) in [7, 11) is -3.62. The van der Waals surface area contributed by atoms with E-state index in [0.29, 0.717) is 16.3 Å². The Labute approximate surface area is 172 Å². The van der Waals surface area contributed by atoms with Gasteiger partial charge in [-0.1, -0.05) is 23.7 Å². The number of nitrogens with zero attached hydrogens (tertiary/aromatic N) is 1. The number of alkyl halides is 3. The first-order chi connectivity index (χ1) is 13.4. The van der Waals surface area contributed by atoms with E-state index in [1.165, 1.54) is 18.2 Å². The maximum Gasteiger partial charge on any atom is 0.416 e. The summed E-state index contributed by atoms with van der Waals surface area (Å²) in [4.78, 5) is 12.1. The molecule has 0 aromatic heterocycles. The molecule has 0 radical (unpaired) electrons. The van der Waals surface area contributed by atoms with Gasteiger partial charge in [-0.15, -0.1) is 0 Å². The van der Waals surface area contributed by atoms with E-state index in [2.05, 4.69) is 5.32 Å². The van der Waals surface area contributed by atoms with Crippen molar-refractivity contribution < 1.29 is 26.4 Å². The van der Waals surface area contributed by atoms with Crippen LogP contribution in [0, 0.1) is 6.92 Å². The van der Waals surface area contributed by atoms with Crippen LogP contribution in [0.1, 0.15) is 24.0 Å². The average Bonchev–Trinajstić information content (AvgIpc) is 2.59. The van der Waals surface area contributed by atoms with Crippen LogP contribution < -0.4 is 9.62 Å². The lowest BCUT2D eigenvalue weighted by Crippen LogP contribution is -2.32. The first-order valence-electron chi connectivity index (χ1n) is 8.59. The second-order valence-electron chi connectivity index (χ2n) is 6.50. The number of carbonyl (C=O) groups excluding carboxylic acids is 1. The molecule has 10 heteroatoms. The number of anilines is 2. The summed E-state index contributed by atoms with van der Waals surface area (Å²) >= 11 is 5.96. The van der Waals surface area contributed by atoms with Gasteiger partial charge >= 0.3 is 6.18 Å². The zero-order chi connectivity index (χ0) is 21.8. The molecule has 1 amide bonds. The van der Waals surface area contributed by atoms with Crippen LogP contribution in [-0.4, -0.2) is 27.1 Å². The van der Waals surface area contributed by atoms with Crippen LogP contribution in [0.15, 0.2) is 42.5 Å². The summed E-state index contributed by atoms with van der Waals surface area (Å²) in [5.41, 5.74) is 0.275. The lowest BCUT2D eigenvalue weighted by Gasteiger charge is -2.24. The number of amides is 1. The molecule has 2 rings (SSSR count). The van der Waals surface area contributed by atoms with E-state index in [1.807, 2.05) is 0 Å². The molecule has 158 valence electrons. The monoisotopic (exact) mass is 448 g/mol. The molecule has 2 aromatic carbocycles. The Hall–Kier alpha value is -2.26. The van der Waals surface area contributed by atoms with Crippen molar-refractivity contribution in [2.75, 3.05) is 22.4 Å². The number of hydrogen-bond acceptors (Lipinski definition) is 3. The fourth-order valence-corrected chi connectivity index (χ4v) is 3.88. The normalized spacial score (nSPS) is 11.9. The maximum atomic E-state index is 12.7. The first-order valence-corrected chi connectivity index (χ1v) is 10.8. The van der Waals surface area contributed by atoms with Gasteiger partial charge in [0.05, 0.1) is 17.5 Å². The minimum absolute atomic E-state index is 0.0236. The smallest absolute Gasteiger partial charge is 0.326 e. The van der Waals surface area contributed by atoms with Gasteiger partial charge in [-0.05, 0) is 49.2 Å². The highest BCUT2D eigenvalue weighted by molar-refractivity contribution is 7.92. The predicted molar refractivity (Wildman–Crippen MR) is 108 cm³/mol. The van der Waals surface area contributed by atoms with Gasteiger partial charge in [0.1, 0.15) is 0 Å². The van der Waals surface area contributed by atoms with E-state index in [4.69, 9.17) is 11.6 Å². The SMILES string of the molecule is Cc1ccc(Cl)cc1N(CCCC(=O)Nc1cccc(C(F)(F)F)c1)S(C)(=O)=O. The molecular weight excluding hydrogens is 429 g/mol. The van der Waals surface area contributed by atoms with Crippen LogP contribution in [0.2, 0.25) is 5.02 Å². The lowest BCUT2D eigenvalue weighted by molar-refractivity contribution is -0.137. The van der Waals surface area contributed by atoms with E-state index >= 15 is 0 Å². The van der Waals surface area contributed by atoms with Crippen molar-refractivity contribution in [1.82, 2.24) is 0 Å². The van der Waals surface area contributed by atoms with Crippen molar-refractivity contribution in [1.29, 1.82) is 0 Å². The highest BCUT2D eigenvalue weighted by atomic mass is 35.5. The molecule has 1 N–H and O–H groups in total. The van der Waals surface area contributed by atoms with Crippen molar-refractivity contribution in [3.8, 4) is 0 Å². The second-order valence-corrected chi connectivity index (χ2v) is 8.84. The first kappa shape index (κ1) is 23.0. The summed E-state index contributed by atoms with van der Waals surface area (Å²) in [5.74, 6) is -0.513. The van der Waals surface area contributed by atoms with Crippen molar-refractivity contribution >= 4 is 38.9 Å². The minimum Gasteiger partial charge on any atom is -0.326 e. The van der Waals surface area contributed by atoms with Gasteiger partial charge in [0, 0.05) is 23.7 Å². The molecule has 0 saturated carbocycles. The number of nitrogens with one attached hydrogen (secondary N) is 1. The number of benzene rings is 2. The Morgan fingerprint density at radius 1 is 1.17 bits per heavy atom. The molecule has 0 saturated heterocycles. The van der Waals surface area contributed by atoms with Crippen molar-refractivity contribution in [3.05, 3.63) is 58.6 Å². The molecular formula is C19H20ClF3N2O3S. The third-order valence-corrected chi connectivity index (χ3v) is 5.49. The van der Waals surface area contributed by atoms with Crippen molar-refractivity contribution in [2.45, 2.75) is 25.9 Å². The van der Waals surface area contributed by atoms with Crippen LogP contribution in [0.25, 0.3) is 0 Å². The minimum atomic E-state index is -4.51. The third kappa shape index (κ3) is 6.64. The molecule has 5 nitrogen and oxygen atoms in total. The van der Waals surface area contributed by atoms with Gasteiger partial charge in [0.15, 0.2) is 0 Å². The van der Waals surface area contributed by atoms with Gasteiger partial charge in [0.25, 0.3) is 0 Å². The van der Waals surface area contributed by atoms with E-state index in [1.54, 1.807) is 19.1 Å². The standard InChI is InChI=1S/C19H20ClF3N2O3S/c1-13-8-9-15(20)12-17(13)25(29(2,27)28)10-4-7-18(26)24-16-6-3-5-14(11-16)19(21,22)23/h3,5-6,8-9,11-12H,4,7,10H2,1-2H3,(H,24,26). The van der Waals surface area contributed by atoms with E-state index in [0.717, 1.165) is 22.7 Å². The van der Waals surface area contributed by atoms with Crippen LogP contribution in [0.5, 0.6) is 0 Å². The number of carbonyl (C=O) groups is 1. The molecule has 2 aromatic rings. The number of aryl methyl sites for hydroxylation is 1. The zero-order valence-corrected chi connectivity index (χ0v) is 17.3. The molecule has 0 bridgehead atoms. The molecule has 0 atom stereocenters. The van der Waals surface area contributed by atoms with Crippen LogP contribution >= 0.6 is 11.6 Å². The van der Waals surface area contributed by atoms with Gasteiger partial charge in [0.2, 0.25) is 15.9 Å². The van der Waals surface area contributed by atoms with Gasteiger partial charge in [-0.2, -0.15) is 13.2 Å². The molecule has 0 aliphatic rings. The molecule has 0 spiro atoms. The van der Waals surface area contributed by atoms with E-state index in [9.17, 15) is 26.4 Å². The Morgan fingerprint density at radius 3 is 2.48 bits per heavy atom. The van der Waals surface area contributed by atoms with Crippen molar-refractivity contribution in [2.24, 2.45) is 0 Å². The Kier molecular flexibility index (Phi) is 7.18. The highest BCUT2D eigenvalue weighted by Crippen LogP contribution is 2.31. The fraction of sp³-hybridized carbons (Fsp3) is 0.316. The summed E-state index contributed by atoms with van der Waals surface area (Å²) in [6.07, 6.45) is -3.35. The van der Waals surface area contributed by atoms with E-state index < -0.39 is 27.7 Å². The number of sulfonamides is 1. The largest absolute Gasteiger partial charge is 0.416 e. The fourth-order valence-electron chi connectivity index (χ4n) is 2.70. The zero-order valence-electron chi connectivity index (χ0n) is 15.8. The van der Waals surface area contributed by atoms with Gasteiger partial charge in [-0.25, -0.2) is 8.42 Å². The maximum absolute atomic E-state index is 12.7. The Morgan fingerprint density at radius 2 is 1.86 bits per heavy atom. The highest BCUT2D eigenvalue weighted by Gasteiger charge is 2.30. The molecule has 0 unspecified atom stereocenters. The number of hydrogen-bond donors (Lipinski definition) is 1. The topological polar surface area (TPSA) is 66.5 Å². The quantitative estimate of drug-likeness (QED) is 0.658. The summed E-state index contributed by atoms with van der Waals surface area (Å²) < 4.78 is 63.7. The van der Waals surface area contributed by atoms with Gasteiger partial charge < -0.3 is 5.32 Å². The molecule has 0 heterocycles. The van der Waals surface area contributed by atoms with Gasteiger partial charge in [-0.3, -0.25) is 9.10 Å². The van der Waals surface area contributed by atoms with Crippen LogP contribution in [0.4, 0.5) is 24.5 Å². The van der Waals surface area contributed by atoms with Crippen LogP contribution in [0.3, 0.4) is 0 Å². The second kappa shape index (κ2) is 9.04. The molecule has 29 heavy (non-hydrogen) atoms. The third-order valence-electron chi connectivity index (χ3n) is 4.08. The summed E-state index contributed by atoms with van der Waals surface area (Å²) in [5, 5.41) is 2.78. The summed E-state index contributed by atoms with van der Waals surface area (Å²) in [6, 6.07) is 9.17. The number of halogens is 4. The molecule has 0 fully saturated rings. The van der Waals surface area contributed by atoms with Crippen molar-refractivity contribution in [3.63, 3.8) is 0 Å². The Balaban J connectivity index is 2.03. The summed E-state index contributed by atoms with van der Waals surface area (Å²) in [6.45, 7) is 1.76.